The summed E-state index contributed by atoms with van der Waals surface area (Å²) in [5.41, 5.74) is 8.55. The maximum Gasteiger partial charge on any atom is 0.255 e. The van der Waals surface area contributed by atoms with Gasteiger partial charge >= 0.3 is 0 Å². The van der Waals surface area contributed by atoms with Gasteiger partial charge in [0.05, 0.1) is 12.1 Å². The number of pyridine rings is 1. The van der Waals surface area contributed by atoms with Gasteiger partial charge < -0.3 is 21.7 Å². The predicted octanol–water partition coefficient (Wildman–Crippen LogP) is 1.25. The highest BCUT2D eigenvalue weighted by molar-refractivity contribution is 5.92. The molecule has 1 fully saturated rings. The predicted molar refractivity (Wildman–Crippen MR) is 119 cm³/mol. The molecule has 1 saturated heterocycles. The van der Waals surface area contributed by atoms with Gasteiger partial charge in [0, 0.05) is 5.69 Å². The number of carbonyl (C=O) groups is 2. The summed E-state index contributed by atoms with van der Waals surface area (Å²) in [4.78, 5) is 29.7. The number of nitrogens with zero attached hydrogens (tertiary/aromatic N) is 1. The van der Waals surface area contributed by atoms with Crippen molar-refractivity contribution in [3.63, 3.8) is 0 Å². The Morgan fingerprint density at radius 1 is 1.28 bits per heavy atom. The summed E-state index contributed by atoms with van der Waals surface area (Å²) in [6.45, 7) is 0.664. The minimum Gasteiger partial charge on any atom is -0.384 e. The van der Waals surface area contributed by atoms with Crippen molar-refractivity contribution in [3.05, 3.63) is 59.0 Å². The third-order valence-electron chi connectivity index (χ3n) is 6.08. The molecule has 166 valence electrons. The summed E-state index contributed by atoms with van der Waals surface area (Å²) < 4.78 is 13.1. The van der Waals surface area contributed by atoms with Crippen molar-refractivity contribution in [3.8, 4) is 12.3 Å². The fraction of sp³-hybridized carbons (Fsp3) is 0.375. The molecule has 2 aliphatic rings. The molecule has 0 radical (unpaired) electrons. The van der Waals surface area contributed by atoms with E-state index in [0.29, 0.717) is 25.2 Å². The lowest BCUT2D eigenvalue weighted by molar-refractivity contribution is -0.129. The summed E-state index contributed by atoms with van der Waals surface area (Å²) in [6, 6.07) is 8.26. The number of nitrogen functional groups attached to an aromatic ring is 1. The monoisotopic (exact) mass is 435 g/mol. The van der Waals surface area contributed by atoms with E-state index < -0.39 is 18.0 Å². The summed E-state index contributed by atoms with van der Waals surface area (Å²) >= 11 is 0. The van der Waals surface area contributed by atoms with E-state index in [1.807, 2.05) is 6.07 Å². The average molecular weight is 436 g/mol. The molecular weight excluding hydrogens is 409 g/mol. The first-order valence-corrected chi connectivity index (χ1v) is 10.7. The number of halogens is 1. The number of anilines is 1. The second-order valence-electron chi connectivity index (χ2n) is 8.37. The summed E-state index contributed by atoms with van der Waals surface area (Å²) in [7, 11) is 0. The second-order valence-corrected chi connectivity index (χ2v) is 8.37. The molecule has 0 saturated carbocycles. The van der Waals surface area contributed by atoms with E-state index in [2.05, 4.69) is 26.9 Å². The lowest BCUT2D eigenvalue weighted by Gasteiger charge is -2.20. The molecule has 4 rings (SSSR count). The number of nitrogens with two attached hydrogens (primary N) is 1. The second kappa shape index (κ2) is 9.37. The van der Waals surface area contributed by atoms with Crippen molar-refractivity contribution >= 4 is 17.6 Å². The number of hydrogen-bond acceptors (Lipinski definition) is 5. The molecule has 7 nitrogen and oxygen atoms in total. The number of benzene rings is 1. The number of aromatic nitrogens is 1. The number of amides is 2. The van der Waals surface area contributed by atoms with Crippen LogP contribution in [-0.2, 0) is 22.4 Å². The fourth-order valence-corrected chi connectivity index (χ4v) is 4.43. The minimum absolute atomic E-state index is 0.206. The van der Waals surface area contributed by atoms with Crippen LogP contribution in [0, 0.1) is 24.1 Å². The molecule has 4 atom stereocenters. The molecule has 32 heavy (non-hydrogen) atoms. The van der Waals surface area contributed by atoms with Crippen molar-refractivity contribution in [1.29, 1.82) is 0 Å². The van der Waals surface area contributed by atoms with E-state index >= 15 is 0 Å². The third kappa shape index (κ3) is 4.89. The molecule has 1 aliphatic carbocycles. The van der Waals surface area contributed by atoms with Crippen LogP contribution in [0.4, 0.5) is 10.2 Å². The van der Waals surface area contributed by atoms with E-state index in [0.717, 1.165) is 29.7 Å². The minimum atomic E-state index is -1.06. The van der Waals surface area contributed by atoms with Gasteiger partial charge in [-0.15, -0.1) is 6.42 Å². The Bertz CT molecular complexity index is 1050. The number of fused-ring (bicyclic) bond motifs is 1. The van der Waals surface area contributed by atoms with Crippen LogP contribution in [0.25, 0.3) is 0 Å². The molecule has 1 aromatic heterocycles. The zero-order chi connectivity index (χ0) is 22.7. The Kier molecular flexibility index (Phi) is 6.37. The number of terminal acetylenes is 1. The lowest BCUT2D eigenvalue weighted by atomic mass is 9.96. The maximum absolute atomic E-state index is 13.1. The SMILES string of the molecule is C#CC(NC(=O)C1CC(Cc2ccc(F)cc2)CN1)C(=O)NC1CCc2nc(N)ccc21. The maximum atomic E-state index is 13.1. The van der Waals surface area contributed by atoms with Crippen molar-refractivity contribution < 1.29 is 14.0 Å². The van der Waals surface area contributed by atoms with Gasteiger partial charge in [0.2, 0.25) is 5.91 Å². The molecule has 5 N–H and O–H groups in total. The molecular formula is C24H26FN5O2. The van der Waals surface area contributed by atoms with Crippen LogP contribution in [-0.4, -0.2) is 35.4 Å². The van der Waals surface area contributed by atoms with Gasteiger partial charge in [-0.05, 0) is 67.5 Å². The van der Waals surface area contributed by atoms with Gasteiger partial charge in [0.25, 0.3) is 5.91 Å². The van der Waals surface area contributed by atoms with Gasteiger partial charge in [-0.3, -0.25) is 9.59 Å². The Hall–Kier alpha value is -3.44. The van der Waals surface area contributed by atoms with Crippen molar-refractivity contribution in [2.75, 3.05) is 12.3 Å². The van der Waals surface area contributed by atoms with E-state index in [4.69, 9.17) is 12.2 Å². The van der Waals surface area contributed by atoms with E-state index in [-0.39, 0.29) is 23.7 Å². The largest absolute Gasteiger partial charge is 0.384 e. The highest BCUT2D eigenvalue weighted by Crippen LogP contribution is 2.30. The first-order chi connectivity index (χ1) is 15.4. The fourth-order valence-electron chi connectivity index (χ4n) is 4.43. The van der Waals surface area contributed by atoms with Crippen LogP contribution in [0.15, 0.2) is 36.4 Å². The average Bonchev–Trinajstić information content (AvgIpc) is 3.40. The first-order valence-electron chi connectivity index (χ1n) is 10.7. The first kappa shape index (κ1) is 21.8. The van der Waals surface area contributed by atoms with Crippen LogP contribution in [0.2, 0.25) is 0 Å². The van der Waals surface area contributed by atoms with Gasteiger partial charge in [0.15, 0.2) is 6.04 Å². The van der Waals surface area contributed by atoms with Gasteiger partial charge in [0.1, 0.15) is 11.6 Å². The van der Waals surface area contributed by atoms with Crippen LogP contribution >= 0.6 is 0 Å². The van der Waals surface area contributed by atoms with Gasteiger partial charge in [-0.25, -0.2) is 9.37 Å². The molecule has 0 bridgehead atoms. The van der Waals surface area contributed by atoms with Crippen molar-refractivity contribution in [2.45, 2.75) is 43.8 Å². The van der Waals surface area contributed by atoms with E-state index in [9.17, 15) is 14.0 Å². The molecule has 1 aromatic carbocycles. The Balaban J connectivity index is 1.30. The number of rotatable bonds is 6. The quantitative estimate of drug-likeness (QED) is 0.511. The summed E-state index contributed by atoms with van der Waals surface area (Å²) in [5, 5.41) is 8.78. The normalized spacial score (nSPS) is 22.6. The van der Waals surface area contributed by atoms with Gasteiger partial charge in [-0.2, -0.15) is 0 Å². The number of hydrogen-bond donors (Lipinski definition) is 4. The standard InChI is InChI=1S/C24H26FN5O2/c1-2-18(23(31)30-20-9-8-19-17(20)7-10-22(26)28-19)29-24(32)21-12-15(13-27-21)11-14-3-5-16(25)6-4-14/h1,3-7,10,15,18,20-21,27H,8-9,11-13H2,(H2,26,28)(H,29,32)(H,30,31). The summed E-state index contributed by atoms with van der Waals surface area (Å²) in [6.07, 6.45) is 8.34. The zero-order valence-corrected chi connectivity index (χ0v) is 17.6. The number of nitrogens with one attached hydrogen (secondary N) is 3. The number of aryl methyl sites for hydroxylation is 1. The zero-order valence-electron chi connectivity index (χ0n) is 17.6. The van der Waals surface area contributed by atoms with Gasteiger partial charge in [-0.1, -0.05) is 24.1 Å². The Morgan fingerprint density at radius 3 is 2.81 bits per heavy atom. The molecule has 2 amide bonds. The van der Waals surface area contributed by atoms with Crippen molar-refractivity contribution in [2.24, 2.45) is 5.92 Å². The smallest absolute Gasteiger partial charge is 0.255 e. The molecule has 1 aliphatic heterocycles. The molecule has 8 heteroatoms. The van der Waals surface area contributed by atoms with Crippen LogP contribution in [0.5, 0.6) is 0 Å². The number of carbonyl (C=O) groups excluding carboxylic acids is 2. The highest BCUT2D eigenvalue weighted by Gasteiger charge is 2.33. The van der Waals surface area contributed by atoms with E-state index in [1.54, 1.807) is 18.2 Å². The molecule has 0 spiro atoms. The van der Waals surface area contributed by atoms with Crippen LogP contribution in [0.1, 0.15) is 35.7 Å². The topological polar surface area (TPSA) is 109 Å². The lowest BCUT2D eigenvalue weighted by Crippen LogP contribution is -2.51. The van der Waals surface area contributed by atoms with Crippen LogP contribution < -0.4 is 21.7 Å². The molecule has 2 heterocycles. The van der Waals surface area contributed by atoms with Crippen LogP contribution in [0.3, 0.4) is 0 Å². The Labute approximate surface area is 186 Å². The third-order valence-corrected chi connectivity index (χ3v) is 6.08. The highest BCUT2D eigenvalue weighted by atomic mass is 19.1. The molecule has 4 unspecified atom stereocenters. The molecule has 2 aromatic rings. The Morgan fingerprint density at radius 2 is 2.06 bits per heavy atom. The van der Waals surface area contributed by atoms with E-state index in [1.165, 1.54) is 12.1 Å². The van der Waals surface area contributed by atoms with Crippen molar-refractivity contribution in [1.82, 2.24) is 20.9 Å². The summed E-state index contributed by atoms with van der Waals surface area (Å²) in [5.74, 6) is 2.08.